The van der Waals surface area contributed by atoms with Gasteiger partial charge in [-0.2, -0.15) is 0 Å². The van der Waals surface area contributed by atoms with E-state index in [2.05, 4.69) is 10.3 Å². The first-order valence-electron chi connectivity index (χ1n) is 6.74. The first kappa shape index (κ1) is 14.3. The molecule has 20 heavy (non-hydrogen) atoms. The molecule has 1 aromatic heterocycles. The van der Waals surface area contributed by atoms with Crippen molar-refractivity contribution < 1.29 is 14.7 Å². The zero-order valence-electron chi connectivity index (χ0n) is 11.5. The lowest BCUT2D eigenvalue weighted by atomic mass is 10.2. The van der Waals surface area contributed by atoms with Crippen LogP contribution in [0, 0.1) is 5.92 Å². The number of nitrogens with one attached hydrogen (secondary N) is 1. The molecule has 2 rings (SSSR count). The minimum Gasteiger partial charge on any atom is -0.480 e. The molecule has 1 fully saturated rings. The number of amides is 2. The van der Waals surface area contributed by atoms with Crippen molar-refractivity contribution in [2.45, 2.75) is 25.8 Å². The van der Waals surface area contributed by atoms with E-state index in [1.165, 1.54) is 4.90 Å². The van der Waals surface area contributed by atoms with Crippen molar-refractivity contribution in [3.63, 3.8) is 0 Å². The molecule has 1 saturated carbocycles. The molecule has 108 valence electrons. The third-order valence-corrected chi connectivity index (χ3v) is 3.26. The predicted molar refractivity (Wildman–Crippen MR) is 73.1 cm³/mol. The van der Waals surface area contributed by atoms with Crippen molar-refractivity contribution in [2.75, 3.05) is 13.1 Å². The minimum absolute atomic E-state index is 0.251. The summed E-state index contributed by atoms with van der Waals surface area (Å²) in [4.78, 5) is 28.5. The second-order valence-electron chi connectivity index (χ2n) is 5.14. The Balaban J connectivity index is 1.94. The Morgan fingerprint density at radius 3 is 2.80 bits per heavy atom. The molecule has 1 unspecified atom stereocenters. The van der Waals surface area contributed by atoms with Crippen molar-refractivity contribution in [3.05, 3.63) is 30.1 Å². The van der Waals surface area contributed by atoms with E-state index >= 15 is 0 Å². The van der Waals surface area contributed by atoms with E-state index in [1.54, 1.807) is 6.20 Å². The smallest absolute Gasteiger partial charge is 0.323 e. The van der Waals surface area contributed by atoms with Crippen LogP contribution in [0.4, 0.5) is 4.79 Å². The average molecular weight is 277 g/mol. The third-order valence-electron chi connectivity index (χ3n) is 3.26. The first-order valence-corrected chi connectivity index (χ1v) is 6.74. The van der Waals surface area contributed by atoms with E-state index in [9.17, 15) is 9.59 Å². The molecule has 0 aliphatic heterocycles. The molecule has 6 nitrogen and oxygen atoms in total. The number of nitrogens with zero attached hydrogens (tertiary/aromatic N) is 2. The van der Waals surface area contributed by atoms with Gasteiger partial charge in [0.15, 0.2) is 0 Å². The van der Waals surface area contributed by atoms with Crippen LogP contribution in [0.5, 0.6) is 0 Å². The Hall–Kier alpha value is -2.11. The minimum atomic E-state index is -0.994. The number of pyridine rings is 1. The number of urea groups is 1. The molecular formula is C14H19N3O3. The molecule has 2 N–H and O–H groups in total. The summed E-state index contributed by atoms with van der Waals surface area (Å²) in [5.74, 6) is -0.545. The molecule has 1 atom stereocenters. The zero-order chi connectivity index (χ0) is 14.5. The largest absolute Gasteiger partial charge is 0.480 e. The molecule has 0 saturated heterocycles. The molecule has 0 spiro atoms. The van der Waals surface area contributed by atoms with Gasteiger partial charge in [0.25, 0.3) is 0 Å². The molecule has 1 aliphatic rings. The van der Waals surface area contributed by atoms with Gasteiger partial charge in [0, 0.05) is 12.7 Å². The van der Waals surface area contributed by atoms with Crippen LogP contribution in [0.3, 0.4) is 0 Å². The molecule has 0 aromatic carbocycles. The van der Waals surface area contributed by atoms with Gasteiger partial charge in [0.05, 0.1) is 11.7 Å². The van der Waals surface area contributed by atoms with E-state index in [-0.39, 0.29) is 18.6 Å². The number of rotatable bonds is 6. The fourth-order valence-electron chi connectivity index (χ4n) is 1.98. The van der Waals surface area contributed by atoms with Crippen molar-refractivity contribution in [1.29, 1.82) is 0 Å². The van der Waals surface area contributed by atoms with Crippen LogP contribution in [0.25, 0.3) is 0 Å². The van der Waals surface area contributed by atoms with Crippen molar-refractivity contribution in [2.24, 2.45) is 5.92 Å². The Morgan fingerprint density at radius 1 is 1.50 bits per heavy atom. The second-order valence-corrected chi connectivity index (χ2v) is 5.14. The van der Waals surface area contributed by atoms with Gasteiger partial charge in [-0.25, -0.2) is 4.79 Å². The van der Waals surface area contributed by atoms with Crippen LogP contribution >= 0.6 is 0 Å². The fraction of sp³-hybridized carbons (Fsp3) is 0.500. The van der Waals surface area contributed by atoms with E-state index < -0.39 is 5.97 Å². The van der Waals surface area contributed by atoms with Gasteiger partial charge >= 0.3 is 12.0 Å². The maximum Gasteiger partial charge on any atom is 0.323 e. The highest BCUT2D eigenvalue weighted by Gasteiger charge is 2.28. The second kappa shape index (κ2) is 6.36. The van der Waals surface area contributed by atoms with Crippen LogP contribution in [0.15, 0.2) is 24.4 Å². The monoisotopic (exact) mass is 277 g/mol. The molecular weight excluding hydrogens is 258 g/mol. The number of carboxylic acid groups (broad SMARTS) is 1. The maximum atomic E-state index is 12.1. The standard InChI is InChI=1S/C14H19N3O3/c1-10(12-4-2-3-7-15-12)16-14(20)17(9-13(18)19)8-11-5-6-11/h2-4,7,10-11H,5-6,8-9H2,1H3,(H,16,20)(H,18,19). The fourth-order valence-corrected chi connectivity index (χ4v) is 1.98. The summed E-state index contributed by atoms with van der Waals surface area (Å²) >= 11 is 0. The van der Waals surface area contributed by atoms with Crippen LogP contribution < -0.4 is 5.32 Å². The summed E-state index contributed by atoms with van der Waals surface area (Å²) in [6.07, 6.45) is 3.80. The summed E-state index contributed by atoms with van der Waals surface area (Å²) in [6.45, 7) is 2.07. The number of aromatic nitrogens is 1. The van der Waals surface area contributed by atoms with Crippen molar-refractivity contribution >= 4 is 12.0 Å². The SMILES string of the molecule is CC(NC(=O)N(CC(=O)O)CC1CC1)c1ccccn1. The summed E-state index contributed by atoms with van der Waals surface area (Å²) in [5, 5.41) is 11.7. The Morgan fingerprint density at radius 2 is 2.25 bits per heavy atom. The normalized spacial score (nSPS) is 15.4. The third kappa shape index (κ3) is 4.22. The van der Waals surface area contributed by atoms with Gasteiger partial charge in [-0.3, -0.25) is 9.78 Å². The Labute approximate surface area is 117 Å². The van der Waals surface area contributed by atoms with Gasteiger partial charge in [-0.1, -0.05) is 6.07 Å². The molecule has 1 aliphatic carbocycles. The summed E-state index contributed by atoms with van der Waals surface area (Å²) in [6, 6.07) is 4.89. The van der Waals surface area contributed by atoms with Crippen molar-refractivity contribution in [1.82, 2.24) is 15.2 Å². The van der Waals surface area contributed by atoms with Gasteiger partial charge in [0.1, 0.15) is 6.54 Å². The number of hydrogen-bond acceptors (Lipinski definition) is 3. The number of carbonyl (C=O) groups is 2. The highest BCUT2D eigenvalue weighted by atomic mass is 16.4. The van der Waals surface area contributed by atoms with Crippen molar-refractivity contribution in [3.8, 4) is 0 Å². The Kier molecular flexibility index (Phi) is 4.55. The first-order chi connectivity index (χ1) is 9.56. The molecule has 0 radical (unpaired) electrons. The van der Waals surface area contributed by atoms with E-state index in [4.69, 9.17) is 5.11 Å². The number of carboxylic acids is 1. The maximum absolute atomic E-state index is 12.1. The average Bonchev–Trinajstić information content (AvgIpc) is 3.22. The zero-order valence-corrected chi connectivity index (χ0v) is 11.5. The molecule has 1 aromatic rings. The predicted octanol–water partition coefficient (Wildman–Crippen LogP) is 1.65. The molecule has 2 amide bonds. The van der Waals surface area contributed by atoms with Gasteiger partial charge in [0.2, 0.25) is 0 Å². The Bertz CT molecular complexity index is 474. The summed E-state index contributed by atoms with van der Waals surface area (Å²) in [5.41, 5.74) is 0.752. The van der Waals surface area contributed by atoms with Crippen LogP contribution in [-0.2, 0) is 4.79 Å². The van der Waals surface area contributed by atoms with Crippen LogP contribution in [-0.4, -0.2) is 40.1 Å². The van der Waals surface area contributed by atoms with Crippen LogP contribution in [0.2, 0.25) is 0 Å². The molecule has 0 bridgehead atoms. The van der Waals surface area contributed by atoms with E-state index in [0.717, 1.165) is 18.5 Å². The highest BCUT2D eigenvalue weighted by Crippen LogP contribution is 2.29. The summed E-state index contributed by atoms with van der Waals surface area (Å²) in [7, 11) is 0. The quantitative estimate of drug-likeness (QED) is 0.828. The molecule has 6 heteroatoms. The number of carbonyl (C=O) groups excluding carboxylic acids is 1. The molecule has 1 heterocycles. The highest BCUT2D eigenvalue weighted by molar-refractivity contribution is 5.80. The number of hydrogen-bond donors (Lipinski definition) is 2. The van der Waals surface area contributed by atoms with E-state index in [0.29, 0.717) is 12.5 Å². The van der Waals surface area contributed by atoms with Gasteiger partial charge in [-0.05, 0) is 37.8 Å². The lowest BCUT2D eigenvalue weighted by Gasteiger charge is -2.23. The summed E-state index contributed by atoms with van der Waals surface area (Å²) < 4.78 is 0. The van der Waals surface area contributed by atoms with Gasteiger partial charge < -0.3 is 15.3 Å². The van der Waals surface area contributed by atoms with E-state index in [1.807, 2.05) is 25.1 Å². The topological polar surface area (TPSA) is 82.5 Å². The van der Waals surface area contributed by atoms with Gasteiger partial charge in [-0.15, -0.1) is 0 Å². The lowest BCUT2D eigenvalue weighted by Crippen LogP contribution is -2.44. The van der Waals surface area contributed by atoms with Crippen LogP contribution in [0.1, 0.15) is 31.5 Å². The number of aliphatic carboxylic acids is 1. The lowest BCUT2D eigenvalue weighted by molar-refractivity contribution is -0.137.